The van der Waals surface area contributed by atoms with Gasteiger partial charge in [0.1, 0.15) is 11.8 Å². The van der Waals surface area contributed by atoms with E-state index in [4.69, 9.17) is 4.74 Å². The Balaban J connectivity index is 1.66. The first-order valence-corrected chi connectivity index (χ1v) is 10.9. The van der Waals surface area contributed by atoms with Gasteiger partial charge in [-0.15, -0.1) is 0 Å². The lowest BCUT2D eigenvalue weighted by Gasteiger charge is -2.36. The van der Waals surface area contributed by atoms with E-state index in [1.807, 2.05) is 36.4 Å². The van der Waals surface area contributed by atoms with Crippen molar-refractivity contribution in [1.82, 2.24) is 4.90 Å². The van der Waals surface area contributed by atoms with E-state index in [9.17, 15) is 14.7 Å². The van der Waals surface area contributed by atoms with Gasteiger partial charge in [0, 0.05) is 17.2 Å². The number of likely N-dealkylation sites (tertiary alicyclic amines) is 1. The Morgan fingerprint density at radius 2 is 1.70 bits per heavy atom. The lowest BCUT2D eigenvalue weighted by atomic mass is 9.83. The van der Waals surface area contributed by atoms with E-state index in [2.05, 4.69) is 0 Å². The van der Waals surface area contributed by atoms with Gasteiger partial charge in [-0.2, -0.15) is 0 Å². The molecule has 30 heavy (non-hydrogen) atoms. The standard InChI is InChI=1S/C25H29NO4/c1-30-23-16-19(12-13-20(23)17-8-4-2-5-9-17)24(27)26-21(14-15-22(26)25(28)29)18-10-6-3-7-11-18/h2,4-5,8-9,12-13,16,18,21-22H,3,6-7,10-11,14-15H2,1H3,(H,28,29)/t21-,22+/m1/s1. The summed E-state index contributed by atoms with van der Waals surface area (Å²) in [4.78, 5) is 27.1. The number of carboxylic acid groups (broad SMARTS) is 1. The molecule has 158 valence electrons. The average molecular weight is 408 g/mol. The van der Waals surface area contributed by atoms with Crippen molar-refractivity contribution in [3.63, 3.8) is 0 Å². The molecular weight excluding hydrogens is 378 g/mol. The van der Waals surface area contributed by atoms with Gasteiger partial charge in [-0.3, -0.25) is 4.79 Å². The molecule has 2 fully saturated rings. The van der Waals surface area contributed by atoms with Gasteiger partial charge < -0.3 is 14.7 Å². The molecule has 0 unspecified atom stereocenters. The van der Waals surface area contributed by atoms with Crippen LogP contribution in [0.5, 0.6) is 5.75 Å². The Kier molecular flexibility index (Phi) is 6.07. The lowest BCUT2D eigenvalue weighted by Crippen LogP contribution is -2.47. The zero-order valence-corrected chi connectivity index (χ0v) is 17.4. The van der Waals surface area contributed by atoms with Crippen LogP contribution >= 0.6 is 0 Å². The van der Waals surface area contributed by atoms with Crippen LogP contribution in [-0.2, 0) is 4.79 Å². The molecule has 2 aliphatic rings. The van der Waals surface area contributed by atoms with Crippen molar-refractivity contribution >= 4 is 11.9 Å². The summed E-state index contributed by atoms with van der Waals surface area (Å²) in [6.07, 6.45) is 7.03. The van der Waals surface area contributed by atoms with Gasteiger partial charge in [0.25, 0.3) is 5.91 Å². The Morgan fingerprint density at radius 1 is 0.967 bits per heavy atom. The average Bonchev–Trinajstić information content (AvgIpc) is 3.25. The third-order valence-electron chi connectivity index (χ3n) is 6.68. The Hall–Kier alpha value is -2.82. The summed E-state index contributed by atoms with van der Waals surface area (Å²) in [5.41, 5.74) is 2.41. The molecule has 1 heterocycles. The first-order chi connectivity index (χ1) is 14.6. The third kappa shape index (κ3) is 3.93. The van der Waals surface area contributed by atoms with Crippen LogP contribution in [0.2, 0.25) is 0 Å². The number of carboxylic acids is 1. The van der Waals surface area contributed by atoms with Crippen molar-refractivity contribution in [2.45, 2.75) is 57.0 Å². The second-order valence-corrected chi connectivity index (χ2v) is 8.39. The van der Waals surface area contributed by atoms with Crippen LogP contribution in [0, 0.1) is 5.92 Å². The molecule has 0 aromatic heterocycles. The summed E-state index contributed by atoms with van der Waals surface area (Å²) in [6, 6.07) is 14.6. The van der Waals surface area contributed by atoms with Crippen LogP contribution in [0.15, 0.2) is 48.5 Å². The van der Waals surface area contributed by atoms with E-state index in [1.165, 1.54) is 19.3 Å². The topological polar surface area (TPSA) is 66.8 Å². The predicted octanol–water partition coefficient (Wildman–Crippen LogP) is 5.00. The molecule has 0 radical (unpaired) electrons. The number of rotatable bonds is 5. The molecule has 1 amide bonds. The normalized spacial score (nSPS) is 22.1. The summed E-state index contributed by atoms with van der Waals surface area (Å²) in [6.45, 7) is 0. The zero-order valence-electron chi connectivity index (χ0n) is 17.4. The fourth-order valence-corrected chi connectivity index (χ4v) is 5.18. The smallest absolute Gasteiger partial charge is 0.326 e. The van der Waals surface area contributed by atoms with Crippen LogP contribution in [0.4, 0.5) is 0 Å². The zero-order chi connectivity index (χ0) is 21.1. The van der Waals surface area contributed by atoms with Crippen molar-refractivity contribution in [3.05, 3.63) is 54.1 Å². The maximum Gasteiger partial charge on any atom is 0.326 e. The molecule has 4 rings (SSSR count). The SMILES string of the molecule is COc1cc(C(=O)N2[C@@H](C3CCCCC3)CC[C@H]2C(=O)O)ccc1-c1ccccc1. The summed E-state index contributed by atoms with van der Waals surface area (Å²) < 4.78 is 5.58. The highest BCUT2D eigenvalue weighted by molar-refractivity contribution is 5.98. The van der Waals surface area contributed by atoms with Crippen molar-refractivity contribution in [1.29, 1.82) is 0 Å². The summed E-state index contributed by atoms with van der Waals surface area (Å²) in [7, 11) is 1.59. The second-order valence-electron chi connectivity index (χ2n) is 8.39. The van der Waals surface area contributed by atoms with Crippen LogP contribution in [-0.4, -0.2) is 41.1 Å². The number of methoxy groups -OCH3 is 1. The fourth-order valence-electron chi connectivity index (χ4n) is 5.18. The number of nitrogens with zero attached hydrogens (tertiary/aromatic N) is 1. The highest BCUT2D eigenvalue weighted by Gasteiger charge is 2.44. The van der Waals surface area contributed by atoms with Gasteiger partial charge in [-0.1, -0.05) is 49.6 Å². The monoisotopic (exact) mass is 407 g/mol. The van der Waals surface area contributed by atoms with E-state index in [0.717, 1.165) is 30.4 Å². The lowest BCUT2D eigenvalue weighted by molar-refractivity contribution is -0.142. The molecule has 1 saturated carbocycles. The Morgan fingerprint density at radius 3 is 2.37 bits per heavy atom. The number of hydrogen-bond acceptors (Lipinski definition) is 3. The summed E-state index contributed by atoms with van der Waals surface area (Å²) in [5, 5.41) is 9.77. The van der Waals surface area contributed by atoms with Crippen LogP contribution < -0.4 is 4.74 Å². The second kappa shape index (κ2) is 8.90. The van der Waals surface area contributed by atoms with Crippen LogP contribution in [0.25, 0.3) is 11.1 Å². The number of ether oxygens (including phenoxy) is 1. The molecule has 1 saturated heterocycles. The van der Waals surface area contributed by atoms with E-state index in [-0.39, 0.29) is 11.9 Å². The van der Waals surface area contributed by atoms with E-state index < -0.39 is 12.0 Å². The molecule has 2 aromatic carbocycles. The van der Waals surface area contributed by atoms with Gasteiger partial charge >= 0.3 is 5.97 Å². The first-order valence-electron chi connectivity index (χ1n) is 10.9. The number of carbonyl (C=O) groups is 2. The molecule has 1 N–H and O–H groups in total. The highest BCUT2D eigenvalue weighted by atomic mass is 16.5. The highest BCUT2D eigenvalue weighted by Crippen LogP contribution is 2.39. The van der Waals surface area contributed by atoms with Gasteiger partial charge in [0.15, 0.2) is 0 Å². The molecule has 5 nitrogen and oxygen atoms in total. The van der Waals surface area contributed by atoms with Crippen molar-refractivity contribution < 1.29 is 19.4 Å². The maximum atomic E-state index is 13.5. The third-order valence-corrected chi connectivity index (χ3v) is 6.68. The minimum Gasteiger partial charge on any atom is -0.496 e. The molecule has 5 heteroatoms. The molecular formula is C25H29NO4. The van der Waals surface area contributed by atoms with Gasteiger partial charge in [-0.05, 0) is 55.4 Å². The number of benzene rings is 2. The predicted molar refractivity (Wildman–Crippen MR) is 116 cm³/mol. The number of amides is 1. The van der Waals surface area contributed by atoms with E-state index in [0.29, 0.717) is 23.7 Å². The summed E-state index contributed by atoms with van der Waals surface area (Å²) >= 11 is 0. The van der Waals surface area contributed by atoms with Gasteiger partial charge in [0.2, 0.25) is 0 Å². The van der Waals surface area contributed by atoms with Crippen molar-refractivity contribution in [2.24, 2.45) is 5.92 Å². The minimum atomic E-state index is -0.908. The summed E-state index contributed by atoms with van der Waals surface area (Å²) in [5.74, 6) is -0.0900. The quantitative estimate of drug-likeness (QED) is 0.757. The number of carbonyl (C=O) groups excluding carboxylic acids is 1. The number of aliphatic carboxylic acids is 1. The molecule has 1 aliphatic heterocycles. The van der Waals surface area contributed by atoms with Gasteiger partial charge in [0.05, 0.1) is 7.11 Å². The molecule has 0 spiro atoms. The van der Waals surface area contributed by atoms with Crippen molar-refractivity contribution in [3.8, 4) is 16.9 Å². The number of hydrogen-bond donors (Lipinski definition) is 1. The van der Waals surface area contributed by atoms with E-state index >= 15 is 0 Å². The molecule has 0 bridgehead atoms. The Bertz CT molecular complexity index is 905. The fraction of sp³-hybridized carbons (Fsp3) is 0.440. The molecule has 2 aromatic rings. The maximum absolute atomic E-state index is 13.5. The van der Waals surface area contributed by atoms with Crippen LogP contribution in [0.1, 0.15) is 55.3 Å². The first kappa shape index (κ1) is 20.5. The van der Waals surface area contributed by atoms with Gasteiger partial charge in [-0.25, -0.2) is 4.79 Å². The molecule has 1 aliphatic carbocycles. The minimum absolute atomic E-state index is 0.0127. The van der Waals surface area contributed by atoms with Crippen molar-refractivity contribution in [2.75, 3.05) is 7.11 Å². The van der Waals surface area contributed by atoms with Crippen LogP contribution in [0.3, 0.4) is 0 Å². The molecule has 2 atom stereocenters. The Labute approximate surface area is 177 Å². The van der Waals surface area contributed by atoms with E-state index in [1.54, 1.807) is 24.1 Å². The largest absolute Gasteiger partial charge is 0.496 e.